The molecule has 4 heterocycles. The van der Waals surface area contributed by atoms with Crippen LogP contribution in [0.15, 0.2) is 36.9 Å². The van der Waals surface area contributed by atoms with Crippen molar-refractivity contribution in [3.63, 3.8) is 0 Å². The largest absolute Gasteiger partial charge is 0.394 e. The topological polar surface area (TPSA) is 87.7 Å². The van der Waals surface area contributed by atoms with Gasteiger partial charge in [0.25, 0.3) is 5.91 Å². The molecular formula is C22H28N6O2. The normalized spacial score (nSPS) is 18.7. The van der Waals surface area contributed by atoms with Gasteiger partial charge in [-0.2, -0.15) is 10.2 Å². The smallest absolute Gasteiger partial charge is 0.257 e. The zero-order valence-corrected chi connectivity index (χ0v) is 17.3. The predicted molar refractivity (Wildman–Crippen MR) is 113 cm³/mol. The zero-order chi connectivity index (χ0) is 20.7. The van der Waals surface area contributed by atoms with Crippen LogP contribution in [0.25, 0.3) is 5.52 Å². The maximum Gasteiger partial charge on any atom is 0.257 e. The maximum absolute atomic E-state index is 13.1. The van der Waals surface area contributed by atoms with Crippen molar-refractivity contribution in [3.8, 4) is 0 Å². The summed E-state index contributed by atoms with van der Waals surface area (Å²) in [6, 6.07) is 4.48. The van der Waals surface area contributed by atoms with Crippen molar-refractivity contribution < 1.29 is 9.90 Å². The highest BCUT2D eigenvalue weighted by Crippen LogP contribution is 2.50. The van der Waals surface area contributed by atoms with Crippen molar-refractivity contribution >= 4 is 17.1 Å². The second kappa shape index (κ2) is 7.43. The van der Waals surface area contributed by atoms with Crippen molar-refractivity contribution in [2.45, 2.75) is 45.2 Å². The summed E-state index contributed by atoms with van der Waals surface area (Å²) in [6.07, 6.45) is 11.7. The van der Waals surface area contributed by atoms with Gasteiger partial charge in [0.1, 0.15) is 0 Å². The van der Waals surface area contributed by atoms with Crippen LogP contribution >= 0.6 is 0 Å². The number of likely N-dealkylation sites (tertiary alicyclic amines) is 1. The average molecular weight is 409 g/mol. The fraction of sp³-hybridized carbons (Fsp3) is 0.500. The third-order valence-corrected chi connectivity index (χ3v) is 6.71. The summed E-state index contributed by atoms with van der Waals surface area (Å²) in [6.45, 7) is 4.26. The van der Waals surface area contributed by atoms with E-state index in [4.69, 9.17) is 5.11 Å². The molecule has 1 saturated heterocycles. The minimum Gasteiger partial charge on any atom is -0.394 e. The van der Waals surface area contributed by atoms with Crippen LogP contribution in [0.5, 0.6) is 0 Å². The molecule has 0 bridgehead atoms. The molecule has 0 unspecified atom stereocenters. The molecule has 0 atom stereocenters. The highest BCUT2D eigenvalue weighted by atomic mass is 16.3. The van der Waals surface area contributed by atoms with Gasteiger partial charge in [0.2, 0.25) is 0 Å². The van der Waals surface area contributed by atoms with Gasteiger partial charge in [0.15, 0.2) is 0 Å². The number of aryl methyl sites for hydroxylation is 1. The first-order valence-electron chi connectivity index (χ1n) is 10.7. The number of aromatic nitrogens is 4. The molecule has 5 rings (SSSR count). The van der Waals surface area contributed by atoms with E-state index >= 15 is 0 Å². The van der Waals surface area contributed by atoms with Crippen LogP contribution in [-0.4, -0.2) is 61.0 Å². The number of pyridine rings is 1. The van der Waals surface area contributed by atoms with E-state index in [9.17, 15) is 4.79 Å². The molecule has 3 aromatic heterocycles. The number of aliphatic hydroxyl groups excluding tert-OH is 1. The zero-order valence-electron chi connectivity index (χ0n) is 17.3. The quantitative estimate of drug-likeness (QED) is 0.677. The summed E-state index contributed by atoms with van der Waals surface area (Å²) < 4.78 is 3.53. The molecule has 1 aliphatic carbocycles. The molecule has 2 aliphatic rings. The number of fused-ring (bicyclic) bond motifs is 1. The Morgan fingerprint density at radius 3 is 2.83 bits per heavy atom. The summed E-state index contributed by atoms with van der Waals surface area (Å²) in [5.41, 5.74) is 4.08. The van der Waals surface area contributed by atoms with Gasteiger partial charge in [0, 0.05) is 31.5 Å². The van der Waals surface area contributed by atoms with Gasteiger partial charge in [-0.05, 0) is 55.7 Å². The molecule has 2 N–H and O–H groups in total. The van der Waals surface area contributed by atoms with Crippen molar-refractivity contribution in [3.05, 3.63) is 48.0 Å². The van der Waals surface area contributed by atoms with E-state index in [2.05, 4.69) is 15.5 Å². The van der Waals surface area contributed by atoms with Crippen molar-refractivity contribution in [2.75, 3.05) is 25.0 Å². The van der Waals surface area contributed by atoms with Crippen LogP contribution in [0.2, 0.25) is 0 Å². The number of anilines is 1. The van der Waals surface area contributed by atoms with E-state index in [1.54, 1.807) is 15.4 Å². The second-order valence-corrected chi connectivity index (χ2v) is 8.85. The Bertz CT molecular complexity index is 1050. The lowest BCUT2D eigenvalue weighted by molar-refractivity contribution is 0.0221. The predicted octanol–water partition coefficient (Wildman–Crippen LogP) is 2.33. The fourth-order valence-electron chi connectivity index (χ4n) is 5.00. The molecule has 8 heteroatoms. The second-order valence-electron chi connectivity index (χ2n) is 8.85. The standard InChI is InChI=1S/C22H28N6O2/c1-16-2-5-28-20(10-16)19(14-24-28)21(30)26-6-3-22(4-7-26)11-17(12-22)25-18-13-23-27(15-18)8-9-29/h2,5,10,13-15,17,25,29H,3-4,6-9,11-12H2,1H3. The number of nitrogens with one attached hydrogen (secondary N) is 1. The van der Waals surface area contributed by atoms with Crippen molar-refractivity contribution in [2.24, 2.45) is 5.41 Å². The van der Waals surface area contributed by atoms with Gasteiger partial charge in [0.05, 0.1) is 42.3 Å². The van der Waals surface area contributed by atoms with Crippen LogP contribution in [0.3, 0.4) is 0 Å². The number of rotatable bonds is 5. The maximum atomic E-state index is 13.1. The number of amides is 1. The summed E-state index contributed by atoms with van der Waals surface area (Å²) in [7, 11) is 0. The molecule has 3 aromatic rings. The molecule has 1 saturated carbocycles. The molecule has 30 heavy (non-hydrogen) atoms. The van der Waals surface area contributed by atoms with Crippen LogP contribution in [0, 0.1) is 12.3 Å². The number of nitrogens with zero attached hydrogens (tertiary/aromatic N) is 5. The number of hydrogen-bond donors (Lipinski definition) is 2. The Kier molecular flexibility index (Phi) is 4.73. The molecular weight excluding hydrogens is 380 g/mol. The van der Waals surface area contributed by atoms with Crippen LogP contribution in [0.1, 0.15) is 41.6 Å². The van der Waals surface area contributed by atoms with E-state index in [1.165, 1.54) is 0 Å². The molecule has 1 spiro atoms. The van der Waals surface area contributed by atoms with Gasteiger partial charge in [-0.1, -0.05) is 0 Å². The number of aliphatic hydroxyl groups is 1. The summed E-state index contributed by atoms with van der Waals surface area (Å²) in [5.74, 6) is 0.0933. The van der Waals surface area contributed by atoms with E-state index < -0.39 is 0 Å². The molecule has 8 nitrogen and oxygen atoms in total. The van der Waals surface area contributed by atoms with E-state index in [1.807, 2.05) is 42.5 Å². The Morgan fingerprint density at radius 1 is 1.27 bits per heavy atom. The van der Waals surface area contributed by atoms with E-state index in [0.29, 0.717) is 23.6 Å². The van der Waals surface area contributed by atoms with Gasteiger partial charge in [-0.15, -0.1) is 0 Å². The summed E-state index contributed by atoms with van der Waals surface area (Å²) >= 11 is 0. The van der Waals surface area contributed by atoms with Gasteiger partial charge in [-0.3, -0.25) is 9.48 Å². The first-order chi connectivity index (χ1) is 14.5. The van der Waals surface area contributed by atoms with Crippen LogP contribution < -0.4 is 5.32 Å². The number of carbonyl (C=O) groups excluding carboxylic acids is 1. The lowest BCUT2D eigenvalue weighted by Gasteiger charge is -2.52. The lowest BCUT2D eigenvalue weighted by Crippen LogP contribution is -2.52. The summed E-state index contributed by atoms with van der Waals surface area (Å²) in [5, 5.41) is 21.1. The van der Waals surface area contributed by atoms with Crippen LogP contribution in [0.4, 0.5) is 5.69 Å². The number of carbonyl (C=O) groups is 1. The molecule has 1 aliphatic heterocycles. The van der Waals surface area contributed by atoms with Gasteiger partial charge in [-0.25, -0.2) is 4.52 Å². The van der Waals surface area contributed by atoms with Gasteiger partial charge < -0.3 is 15.3 Å². The molecule has 2 fully saturated rings. The average Bonchev–Trinajstić information content (AvgIpc) is 3.33. The van der Waals surface area contributed by atoms with Gasteiger partial charge >= 0.3 is 0 Å². The Balaban J connectivity index is 1.17. The van der Waals surface area contributed by atoms with Crippen LogP contribution in [-0.2, 0) is 6.54 Å². The van der Waals surface area contributed by atoms with Crippen molar-refractivity contribution in [1.82, 2.24) is 24.3 Å². The SMILES string of the molecule is Cc1ccn2ncc(C(=O)N3CCC4(CC3)CC(Nc3cnn(CCO)c3)C4)c2c1. The highest BCUT2D eigenvalue weighted by Gasteiger charge is 2.46. The lowest BCUT2D eigenvalue weighted by atomic mass is 9.60. The minimum absolute atomic E-state index is 0.0933. The van der Waals surface area contributed by atoms with Crippen molar-refractivity contribution in [1.29, 1.82) is 0 Å². The molecule has 0 radical (unpaired) electrons. The summed E-state index contributed by atoms with van der Waals surface area (Å²) in [4.78, 5) is 15.1. The third kappa shape index (κ3) is 3.45. The molecule has 1 amide bonds. The Morgan fingerprint density at radius 2 is 2.07 bits per heavy atom. The highest BCUT2D eigenvalue weighted by molar-refractivity contribution is 6.00. The monoisotopic (exact) mass is 408 g/mol. The third-order valence-electron chi connectivity index (χ3n) is 6.71. The minimum atomic E-state index is 0.0933. The Labute approximate surface area is 175 Å². The molecule has 158 valence electrons. The molecule has 0 aromatic carbocycles. The van der Waals surface area contributed by atoms with E-state index in [0.717, 1.165) is 55.5 Å². The fourth-order valence-corrected chi connectivity index (χ4v) is 5.00. The Hall–Kier alpha value is -2.87. The number of piperidine rings is 1. The van der Waals surface area contributed by atoms with E-state index in [-0.39, 0.29) is 12.5 Å². The first kappa shape index (κ1) is 19.1. The number of hydrogen-bond acceptors (Lipinski definition) is 5. The first-order valence-corrected chi connectivity index (χ1v) is 10.7.